The summed E-state index contributed by atoms with van der Waals surface area (Å²) in [5, 5.41) is 21.5. The number of halogens is 2. The summed E-state index contributed by atoms with van der Waals surface area (Å²) in [5.74, 6) is -2.93. The van der Waals surface area contributed by atoms with E-state index in [1.54, 1.807) is 25.1 Å². The molecule has 0 aliphatic carbocycles. The zero-order valence-electron chi connectivity index (χ0n) is 20.2. The monoisotopic (exact) mass is 537 g/mol. The van der Waals surface area contributed by atoms with Gasteiger partial charge < -0.3 is 24.1 Å². The number of fused-ring (bicyclic) bond motifs is 1. The number of methoxy groups -OCH3 is 1. The Morgan fingerprint density at radius 2 is 1.89 bits per heavy atom. The smallest absolute Gasteiger partial charge is 0.294 e. The van der Waals surface area contributed by atoms with Gasteiger partial charge in [-0.15, -0.1) is 0 Å². The van der Waals surface area contributed by atoms with Crippen LogP contribution in [0.1, 0.15) is 29.1 Å². The highest BCUT2D eigenvalue weighted by Crippen LogP contribution is 2.45. The Labute approximate surface area is 221 Å². The van der Waals surface area contributed by atoms with Crippen LogP contribution < -0.4 is 14.4 Å². The highest BCUT2D eigenvalue weighted by molar-refractivity contribution is 6.31. The lowest BCUT2D eigenvalue weighted by Crippen LogP contribution is -2.31. The molecule has 38 heavy (non-hydrogen) atoms. The molecule has 2 N–H and O–H groups in total. The van der Waals surface area contributed by atoms with E-state index >= 15 is 0 Å². The minimum Gasteiger partial charge on any atom is -0.504 e. The maximum atomic E-state index is 13.9. The van der Waals surface area contributed by atoms with Gasteiger partial charge in [-0.05, 0) is 55.0 Å². The van der Waals surface area contributed by atoms with Crippen LogP contribution >= 0.6 is 11.6 Å². The van der Waals surface area contributed by atoms with Crippen LogP contribution in [0.4, 0.5) is 10.1 Å². The Balaban J connectivity index is 1.69. The van der Waals surface area contributed by atoms with Crippen molar-refractivity contribution in [3.05, 3.63) is 94.2 Å². The van der Waals surface area contributed by atoms with Gasteiger partial charge in [-0.2, -0.15) is 0 Å². The fraction of sp³-hybridized carbons (Fsp3) is 0.143. The Kier molecular flexibility index (Phi) is 6.46. The largest absolute Gasteiger partial charge is 0.504 e. The summed E-state index contributed by atoms with van der Waals surface area (Å²) in [6, 6.07) is 13.3. The van der Waals surface area contributed by atoms with Crippen LogP contribution in [0.15, 0.2) is 76.4 Å². The van der Waals surface area contributed by atoms with Gasteiger partial charge >= 0.3 is 0 Å². The number of hydrogen-bond donors (Lipinski definition) is 2. The number of rotatable bonds is 7. The topological polar surface area (TPSA) is 109 Å². The summed E-state index contributed by atoms with van der Waals surface area (Å²) in [7, 11) is 1.46. The third kappa shape index (κ3) is 4.10. The Morgan fingerprint density at radius 1 is 1.11 bits per heavy atom. The van der Waals surface area contributed by atoms with Crippen LogP contribution in [0.3, 0.4) is 0 Å². The van der Waals surface area contributed by atoms with Gasteiger partial charge in [0, 0.05) is 11.1 Å². The maximum absolute atomic E-state index is 13.9. The van der Waals surface area contributed by atoms with Gasteiger partial charge in [-0.3, -0.25) is 14.5 Å². The first-order valence-electron chi connectivity index (χ1n) is 11.5. The molecule has 10 heteroatoms. The molecule has 0 saturated heterocycles. The number of ketones is 1. The molecule has 1 aliphatic rings. The number of para-hydroxylation sites is 1. The van der Waals surface area contributed by atoms with Gasteiger partial charge in [0.15, 0.2) is 34.4 Å². The van der Waals surface area contributed by atoms with E-state index < -0.39 is 29.3 Å². The van der Waals surface area contributed by atoms with Crippen molar-refractivity contribution in [1.82, 2.24) is 0 Å². The van der Waals surface area contributed by atoms with Gasteiger partial charge in [0.05, 0.1) is 30.4 Å². The van der Waals surface area contributed by atoms with Crippen molar-refractivity contribution in [3.63, 3.8) is 0 Å². The second kappa shape index (κ2) is 9.75. The van der Waals surface area contributed by atoms with Gasteiger partial charge in [0.25, 0.3) is 5.91 Å². The number of phenolic OH excluding ortho intramolecular Hbond substituents is 1. The van der Waals surface area contributed by atoms with Crippen molar-refractivity contribution >= 4 is 39.9 Å². The van der Waals surface area contributed by atoms with E-state index in [1.807, 2.05) is 0 Å². The zero-order valence-corrected chi connectivity index (χ0v) is 21.0. The average molecular weight is 538 g/mol. The lowest BCUT2D eigenvalue weighted by Gasteiger charge is -2.27. The van der Waals surface area contributed by atoms with E-state index in [-0.39, 0.29) is 40.1 Å². The van der Waals surface area contributed by atoms with Gasteiger partial charge in [-0.1, -0.05) is 29.8 Å². The van der Waals surface area contributed by atoms with Crippen molar-refractivity contribution in [2.24, 2.45) is 0 Å². The van der Waals surface area contributed by atoms with Crippen molar-refractivity contribution in [3.8, 4) is 17.2 Å². The first-order chi connectivity index (χ1) is 18.2. The molecular formula is C28H21ClFNO7. The van der Waals surface area contributed by atoms with E-state index in [1.165, 1.54) is 43.5 Å². The molecule has 0 radical (unpaired) electrons. The predicted octanol–water partition coefficient (Wildman–Crippen LogP) is 6.12. The second-order valence-electron chi connectivity index (χ2n) is 8.42. The summed E-state index contributed by atoms with van der Waals surface area (Å²) in [5.41, 5.74) is 0.519. The van der Waals surface area contributed by atoms with E-state index in [4.69, 9.17) is 25.5 Å². The van der Waals surface area contributed by atoms with Crippen molar-refractivity contribution in [1.29, 1.82) is 0 Å². The summed E-state index contributed by atoms with van der Waals surface area (Å²) in [6.45, 7) is 1.97. The molecule has 0 spiro atoms. The van der Waals surface area contributed by atoms with Crippen molar-refractivity contribution in [2.75, 3.05) is 18.6 Å². The summed E-state index contributed by atoms with van der Waals surface area (Å²) in [6.07, 6.45) is 0. The van der Waals surface area contributed by atoms with E-state index in [0.717, 1.165) is 11.0 Å². The van der Waals surface area contributed by atoms with Crippen molar-refractivity contribution < 1.29 is 38.1 Å². The Bertz CT molecular complexity index is 1630. The number of carbonyl (C=O) groups excluding carboxylic acids is 2. The predicted molar refractivity (Wildman–Crippen MR) is 138 cm³/mol. The lowest BCUT2D eigenvalue weighted by molar-refractivity contribution is -0.117. The van der Waals surface area contributed by atoms with E-state index in [0.29, 0.717) is 22.3 Å². The lowest BCUT2D eigenvalue weighted by atomic mass is 9.94. The molecule has 1 amide bonds. The number of Topliss-reactive ketones (excluding diaryl/α,β-unsaturated/α-hetero) is 1. The molecule has 0 saturated carbocycles. The number of carbonyl (C=O) groups is 2. The summed E-state index contributed by atoms with van der Waals surface area (Å²) >= 11 is 5.99. The third-order valence-corrected chi connectivity index (χ3v) is 6.47. The van der Waals surface area contributed by atoms with Crippen LogP contribution in [0, 0.1) is 5.82 Å². The number of amides is 1. The molecule has 4 aromatic rings. The molecule has 1 aliphatic heterocycles. The van der Waals surface area contributed by atoms with Crippen LogP contribution in [-0.2, 0) is 4.79 Å². The molecule has 5 rings (SSSR count). The molecule has 1 atom stereocenters. The fourth-order valence-electron chi connectivity index (χ4n) is 4.47. The Morgan fingerprint density at radius 3 is 2.61 bits per heavy atom. The molecule has 1 unspecified atom stereocenters. The van der Waals surface area contributed by atoms with Gasteiger partial charge in [-0.25, -0.2) is 4.39 Å². The molecule has 194 valence electrons. The Hall–Kier alpha value is -4.50. The molecule has 0 fully saturated rings. The fourth-order valence-corrected chi connectivity index (χ4v) is 4.64. The summed E-state index contributed by atoms with van der Waals surface area (Å²) in [4.78, 5) is 28.3. The number of ether oxygens (including phenoxy) is 2. The molecular weight excluding hydrogens is 517 g/mol. The summed E-state index contributed by atoms with van der Waals surface area (Å²) < 4.78 is 30.5. The number of hydrogen-bond acceptors (Lipinski definition) is 7. The third-order valence-electron chi connectivity index (χ3n) is 6.19. The number of aliphatic hydroxyl groups is 1. The van der Waals surface area contributed by atoms with Crippen LogP contribution in [-0.4, -0.2) is 35.6 Å². The standard InChI is InChI=1S/C28H21ClFNO7/c1-3-37-21-11-14(7-10-19(21)32)24-23(25(33)22-12-15-5-4-6-20(36-2)27(15)38-22)26(34)28(35)31(24)16-8-9-18(30)17(29)13-16/h4-13,24,32,34H,3H2,1-2H3. The minimum atomic E-state index is -1.19. The molecule has 0 bridgehead atoms. The number of aromatic hydroxyl groups is 1. The number of furan rings is 1. The number of anilines is 1. The van der Waals surface area contributed by atoms with Gasteiger partial charge in [0.1, 0.15) is 5.82 Å². The second-order valence-corrected chi connectivity index (χ2v) is 8.82. The minimum absolute atomic E-state index is 0.112. The van der Waals surface area contributed by atoms with Crippen LogP contribution in [0.5, 0.6) is 17.2 Å². The van der Waals surface area contributed by atoms with Crippen molar-refractivity contribution in [2.45, 2.75) is 13.0 Å². The van der Waals surface area contributed by atoms with E-state index in [9.17, 15) is 24.2 Å². The molecule has 1 aromatic heterocycles. The number of phenols is 1. The number of nitrogens with zero attached hydrogens (tertiary/aromatic N) is 1. The molecule has 8 nitrogen and oxygen atoms in total. The van der Waals surface area contributed by atoms with Crippen LogP contribution in [0.25, 0.3) is 11.0 Å². The highest BCUT2D eigenvalue weighted by atomic mass is 35.5. The quantitative estimate of drug-likeness (QED) is 0.273. The number of benzene rings is 3. The van der Waals surface area contributed by atoms with E-state index in [2.05, 4.69) is 0 Å². The SMILES string of the molecule is CCOc1cc(C2C(C(=O)c3cc4cccc(OC)c4o3)=C(O)C(=O)N2c2ccc(F)c(Cl)c2)ccc1O. The first kappa shape index (κ1) is 25.2. The zero-order chi connectivity index (χ0) is 27.1. The first-order valence-corrected chi connectivity index (χ1v) is 11.9. The maximum Gasteiger partial charge on any atom is 0.294 e. The molecule has 2 heterocycles. The van der Waals surface area contributed by atoms with Gasteiger partial charge in [0.2, 0.25) is 5.78 Å². The normalized spacial score (nSPS) is 15.4. The number of aliphatic hydroxyl groups excluding tert-OH is 1. The average Bonchev–Trinajstić information content (AvgIpc) is 3.46. The molecule has 3 aromatic carbocycles. The van der Waals surface area contributed by atoms with Crippen LogP contribution in [0.2, 0.25) is 5.02 Å². The highest BCUT2D eigenvalue weighted by Gasteiger charge is 2.46.